The van der Waals surface area contributed by atoms with Crippen LogP contribution >= 0.6 is 11.3 Å². The molecule has 0 amide bonds. The molecule has 0 radical (unpaired) electrons. The number of aromatic nitrogens is 1. The lowest BCUT2D eigenvalue weighted by atomic mass is 9.98. The van der Waals surface area contributed by atoms with E-state index in [4.69, 9.17) is 8.83 Å². The fourth-order valence-electron chi connectivity index (χ4n) is 10.3. The Morgan fingerprint density at radius 1 is 0.375 bits per heavy atom. The van der Waals surface area contributed by atoms with Crippen molar-refractivity contribution in [3.05, 3.63) is 211 Å². The van der Waals surface area contributed by atoms with Gasteiger partial charge in [-0.15, -0.1) is 11.3 Å². The summed E-state index contributed by atoms with van der Waals surface area (Å²) in [5, 5.41) is 21.3. The molecule has 3 N–H and O–H groups in total. The van der Waals surface area contributed by atoms with Gasteiger partial charge in [0.05, 0.1) is 29.5 Å². The second-order valence-electron chi connectivity index (χ2n) is 17.0. The molecule has 1 aliphatic rings. The van der Waals surface area contributed by atoms with E-state index >= 15 is 0 Å². The minimum Gasteiger partial charge on any atom is -0.456 e. The molecular weight excluding hydrogens is 805 g/mol. The number of furan rings is 2. The van der Waals surface area contributed by atoms with E-state index in [1.807, 2.05) is 23.5 Å². The lowest BCUT2D eigenvalue weighted by molar-refractivity contribution is 0.204. The number of benzene rings is 9. The average molecular weight is 843 g/mol. The van der Waals surface area contributed by atoms with Gasteiger partial charge < -0.3 is 13.4 Å². The summed E-state index contributed by atoms with van der Waals surface area (Å²) in [6.07, 6.45) is -0.357. The summed E-state index contributed by atoms with van der Waals surface area (Å²) in [5.74, 6) is 0. The Balaban J connectivity index is 0.828. The molecule has 6 nitrogen and oxygen atoms in total. The van der Waals surface area contributed by atoms with Gasteiger partial charge in [0.25, 0.3) is 0 Å². The minimum atomic E-state index is -0.139. The van der Waals surface area contributed by atoms with E-state index < -0.39 is 0 Å². The first kappa shape index (κ1) is 36.0. The number of fused-ring (bicyclic) bond motifs is 12. The first-order valence-electron chi connectivity index (χ1n) is 21.8. The molecule has 3 unspecified atom stereocenters. The van der Waals surface area contributed by atoms with Gasteiger partial charge in [0.2, 0.25) is 0 Å². The van der Waals surface area contributed by atoms with Crippen molar-refractivity contribution in [3.63, 3.8) is 0 Å². The zero-order valence-corrected chi connectivity index (χ0v) is 35.2. The summed E-state index contributed by atoms with van der Waals surface area (Å²) < 4.78 is 17.7. The standard InChI is InChI=1S/C57H38N4O2S/c1-2-11-33(12-3-1)55-58-56(36-23-28-49-45(29-36)40-15-6-9-19-48(40)62-49)60-57(59-55)44-16-10-20-52-54(44)43-26-22-35(31-53(43)64-52)34-21-25-41-42-27-24-37(32-51(42)63-50(41)30-34)61-46-17-7-4-13-38(46)39-14-5-8-18-47(39)61/h1-32,55-60H. The van der Waals surface area contributed by atoms with Crippen molar-refractivity contribution in [1.82, 2.24) is 20.5 Å². The lowest BCUT2D eigenvalue weighted by Gasteiger charge is -2.40. The van der Waals surface area contributed by atoms with Crippen molar-refractivity contribution in [2.45, 2.75) is 18.5 Å². The molecule has 4 aromatic heterocycles. The Labute approximate surface area is 370 Å². The Morgan fingerprint density at radius 2 is 0.984 bits per heavy atom. The topological polar surface area (TPSA) is 67.3 Å². The Kier molecular flexibility index (Phi) is 7.87. The van der Waals surface area contributed by atoms with Gasteiger partial charge in [0.15, 0.2) is 0 Å². The number of nitrogens with one attached hydrogen (secondary N) is 3. The van der Waals surface area contributed by atoms with Crippen LogP contribution in [0.25, 0.3) is 103 Å². The van der Waals surface area contributed by atoms with Gasteiger partial charge in [-0.1, -0.05) is 121 Å². The van der Waals surface area contributed by atoms with Crippen LogP contribution in [0.15, 0.2) is 203 Å². The van der Waals surface area contributed by atoms with Crippen LogP contribution in [-0.4, -0.2) is 4.57 Å². The number of para-hydroxylation sites is 3. The Hall–Kier alpha value is -7.52. The lowest BCUT2D eigenvalue weighted by Crippen LogP contribution is -2.54. The van der Waals surface area contributed by atoms with Crippen LogP contribution in [0, 0.1) is 0 Å². The quantitative estimate of drug-likeness (QED) is 0.161. The number of nitrogens with zero attached hydrogens (tertiary/aromatic N) is 1. The molecule has 9 aromatic carbocycles. The molecule has 14 rings (SSSR count). The fraction of sp³-hybridized carbons (Fsp3) is 0.0526. The highest BCUT2D eigenvalue weighted by atomic mass is 32.1. The molecule has 0 bridgehead atoms. The highest BCUT2D eigenvalue weighted by molar-refractivity contribution is 7.25. The summed E-state index contributed by atoms with van der Waals surface area (Å²) in [7, 11) is 0. The van der Waals surface area contributed by atoms with E-state index in [2.05, 4.69) is 203 Å². The van der Waals surface area contributed by atoms with Crippen LogP contribution in [-0.2, 0) is 0 Å². The van der Waals surface area contributed by atoms with E-state index in [9.17, 15) is 0 Å². The number of hydrogen-bond acceptors (Lipinski definition) is 6. The normalized spacial score (nSPS) is 17.0. The zero-order chi connectivity index (χ0) is 41.9. The van der Waals surface area contributed by atoms with Gasteiger partial charge in [0.1, 0.15) is 22.3 Å². The van der Waals surface area contributed by atoms with Crippen LogP contribution in [0.2, 0.25) is 0 Å². The predicted octanol–water partition coefficient (Wildman–Crippen LogP) is 14.8. The van der Waals surface area contributed by atoms with Crippen LogP contribution in [0.3, 0.4) is 0 Å². The first-order chi connectivity index (χ1) is 31.7. The molecule has 1 aliphatic heterocycles. The highest BCUT2D eigenvalue weighted by Crippen LogP contribution is 2.43. The monoisotopic (exact) mass is 842 g/mol. The van der Waals surface area contributed by atoms with Crippen molar-refractivity contribution in [3.8, 4) is 16.8 Å². The average Bonchev–Trinajstić information content (AvgIpc) is 4.12. The van der Waals surface area contributed by atoms with Crippen LogP contribution in [0.4, 0.5) is 0 Å². The molecule has 304 valence electrons. The van der Waals surface area contributed by atoms with Gasteiger partial charge in [-0.3, -0.25) is 16.0 Å². The van der Waals surface area contributed by atoms with Crippen LogP contribution in [0.5, 0.6) is 0 Å². The zero-order valence-electron chi connectivity index (χ0n) is 34.4. The predicted molar refractivity (Wildman–Crippen MR) is 264 cm³/mol. The maximum absolute atomic E-state index is 6.68. The molecule has 3 atom stereocenters. The van der Waals surface area contributed by atoms with E-state index in [1.165, 1.54) is 58.7 Å². The largest absolute Gasteiger partial charge is 0.456 e. The molecule has 1 fully saturated rings. The molecule has 0 aliphatic carbocycles. The third kappa shape index (κ3) is 5.56. The summed E-state index contributed by atoms with van der Waals surface area (Å²) in [5.41, 5.74) is 12.9. The number of thiophene rings is 1. The van der Waals surface area contributed by atoms with Gasteiger partial charge >= 0.3 is 0 Å². The summed E-state index contributed by atoms with van der Waals surface area (Å²) in [6, 6.07) is 69.6. The molecule has 0 saturated carbocycles. The molecule has 64 heavy (non-hydrogen) atoms. The second kappa shape index (κ2) is 14.0. The Morgan fingerprint density at radius 3 is 1.80 bits per heavy atom. The first-order valence-corrected chi connectivity index (χ1v) is 22.6. The van der Waals surface area contributed by atoms with E-state index in [0.29, 0.717) is 0 Å². The van der Waals surface area contributed by atoms with Gasteiger partial charge in [-0.25, -0.2) is 0 Å². The second-order valence-corrected chi connectivity index (χ2v) is 18.0. The van der Waals surface area contributed by atoms with Gasteiger partial charge in [-0.05, 0) is 94.5 Å². The van der Waals surface area contributed by atoms with Crippen molar-refractivity contribution in [2.75, 3.05) is 0 Å². The third-order valence-corrected chi connectivity index (χ3v) is 14.5. The molecule has 5 heterocycles. The van der Waals surface area contributed by atoms with Crippen molar-refractivity contribution in [1.29, 1.82) is 0 Å². The van der Waals surface area contributed by atoms with Crippen LogP contribution in [0.1, 0.15) is 35.2 Å². The van der Waals surface area contributed by atoms with Crippen molar-refractivity contribution >= 4 is 97.2 Å². The van der Waals surface area contributed by atoms with E-state index in [0.717, 1.165) is 60.7 Å². The fourth-order valence-corrected chi connectivity index (χ4v) is 11.5. The van der Waals surface area contributed by atoms with Gasteiger partial charge in [-0.2, -0.15) is 0 Å². The SMILES string of the molecule is c1ccc(C2NC(c3ccc4oc5ccccc5c4c3)NC(c3cccc4sc5cc(-c6ccc7c(c6)oc6cc(-n8c9ccccc9c9ccccc98)ccc67)ccc5c34)N2)cc1. The maximum atomic E-state index is 6.68. The minimum absolute atomic E-state index is 0.0885. The summed E-state index contributed by atoms with van der Waals surface area (Å²) in [4.78, 5) is 0. The van der Waals surface area contributed by atoms with Crippen LogP contribution < -0.4 is 16.0 Å². The maximum Gasteiger partial charge on any atom is 0.137 e. The van der Waals surface area contributed by atoms with Crippen molar-refractivity contribution < 1.29 is 8.83 Å². The number of rotatable bonds is 5. The third-order valence-electron chi connectivity index (χ3n) is 13.3. The number of hydrogen-bond donors (Lipinski definition) is 3. The summed E-state index contributed by atoms with van der Waals surface area (Å²) >= 11 is 1.85. The van der Waals surface area contributed by atoms with Gasteiger partial charge in [0, 0.05) is 64.2 Å². The molecule has 13 aromatic rings. The smallest absolute Gasteiger partial charge is 0.137 e. The molecule has 7 heteroatoms. The van der Waals surface area contributed by atoms with Crippen molar-refractivity contribution in [2.24, 2.45) is 0 Å². The summed E-state index contributed by atoms with van der Waals surface area (Å²) in [6.45, 7) is 0. The molecule has 1 saturated heterocycles. The molecular formula is C57H38N4O2S. The Bertz CT molecular complexity index is 3940. The van der Waals surface area contributed by atoms with E-state index in [1.54, 1.807) is 0 Å². The van der Waals surface area contributed by atoms with E-state index in [-0.39, 0.29) is 18.5 Å². The highest BCUT2D eigenvalue weighted by Gasteiger charge is 2.31. The molecule has 0 spiro atoms.